The second-order valence-corrected chi connectivity index (χ2v) is 8.51. The zero-order chi connectivity index (χ0) is 22.7. The monoisotopic (exact) mass is 442 g/mol. The van der Waals surface area contributed by atoms with Gasteiger partial charge < -0.3 is 15.2 Å². The first-order valence-electron chi connectivity index (χ1n) is 10.5. The lowest BCUT2D eigenvalue weighted by atomic mass is 10.0. The van der Waals surface area contributed by atoms with Crippen molar-refractivity contribution in [2.24, 2.45) is 0 Å². The molecule has 0 unspecified atom stereocenters. The Hall–Kier alpha value is -3.51. The first kappa shape index (κ1) is 21.7. The molecule has 0 atom stereocenters. The van der Waals surface area contributed by atoms with E-state index in [-0.39, 0.29) is 5.56 Å². The van der Waals surface area contributed by atoms with Crippen molar-refractivity contribution in [2.75, 3.05) is 5.32 Å². The zero-order valence-corrected chi connectivity index (χ0v) is 19.3. The van der Waals surface area contributed by atoms with Crippen LogP contribution in [0.3, 0.4) is 0 Å². The molecular weight excluding hydrogens is 416 g/mol. The molecule has 4 aromatic rings. The average Bonchev–Trinajstić information content (AvgIpc) is 2.79. The third-order valence-electron chi connectivity index (χ3n) is 5.57. The Morgan fingerprint density at radius 1 is 1.03 bits per heavy atom. The standard InChI is InChI=1S/C26H26N4OS/c1-17-6-10-22(11-7-17)28-26(32)30(15-20-5-4-12-27-14-20)16-21-13-23-18(2)8-9-19(3)24(23)29-25(21)31/h4-14H,15-16H2,1-3H3,(H,28,32)(H,29,31). The third-order valence-corrected chi connectivity index (χ3v) is 5.93. The predicted octanol–water partition coefficient (Wildman–Crippen LogP) is 5.25. The fourth-order valence-corrected chi connectivity index (χ4v) is 3.94. The Balaban J connectivity index is 1.67. The van der Waals surface area contributed by atoms with Gasteiger partial charge in [-0.05, 0) is 73.9 Å². The number of benzene rings is 2. The smallest absolute Gasteiger partial charge is 0.253 e. The number of hydrogen-bond donors (Lipinski definition) is 2. The van der Waals surface area contributed by atoms with E-state index in [0.29, 0.717) is 23.8 Å². The highest BCUT2D eigenvalue weighted by molar-refractivity contribution is 7.80. The van der Waals surface area contributed by atoms with Crippen molar-refractivity contribution >= 4 is 33.9 Å². The van der Waals surface area contributed by atoms with Crippen LogP contribution < -0.4 is 10.9 Å². The van der Waals surface area contributed by atoms with E-state index in [1.807, 2.05) is 73.5 Å². The summed E-state index contributed by atoms with van der Waals surface area (Å²) in [6, 6.07) is 18.1. The Bertz CT molecular complexity index is 1310. The minimum absolute atomic E-state index is 0.0967. The van der Waals surface area contributed by atoms with E-state index in [2.05, 4.69) is 28.3 Å². The highest BCUT2D eigenvalue weighted by Gasteiger charge is 2.15. The molecular formula is C26H26N4OS. The number of pyridine rings is 2. The number of anilines is 1. The van der Waals surface area contributed by atoms with Gasteiger partial charge in [0.05, 0.1) is 12.1 Å². The lowest BCUT2D eigenvalue weighted by Gasteiger charge is -2.26. The molecule has 6 heteroatoms. The Labute approximate surface area is 193 Å². The molecule has 5 nitrogen and oxygen atoms in total. The second-order valence-electron chi connectivity index (χ2n) is 8.13. The molecule has 0 spiro atoms. The first-order valence-corrected chi connectivity index (χ1v) is 10.9. The summed E-state index contributed by atoms with van der Waals surface area (Å²) < 4.78 is 0. The first-order chi connectivity index (χ1) is 15.4. The van der Waals surface area contributed by atoms with Crippen molar-refractivity contribution in [2.45, 2.75) is 33.9 Å². The zero-order valence-electron chi connectivity index (χ0n) is 18.5. The third kappa shape index (κ3) is 4.86. The predicted molar refractivity (Wildman–Crippen MR) is 135 cm³/mol. The highest BCUT2D eigenvalue weighted by Crippen LogP contribution is 2.21. The number of aryl methyl sites for hydroxylation is 3. The van der Waals surface area contributed by atoms with E-state index in [9.17, 15) is 4.79 Å². The van der Waals surface area contributed by atoms with Gasteiger partial charge in [-0.1, -0.05) is 35.9 Å². The minimum Gasteiger partial charge on any atom is -0.340 e. The number of hydrogen-bond acceptors (Lipinski definition) is 3. The number of aromatic amines is 1. The largest absolute Gasteiger partial charge is 0.340 e. The van der Waals surface area contributed by atoms with E-state index in [1.165, 1.54) is 5.56 Å². The summed E-state index contributed by atoms with van der Waals surface area (Å²) in [7, 11) is 0. The van der Waals surface area contributed by atoms with Crippen molar-refractivity contribution in [3.8, 4) is 0 Å². The van der Waals surface area contributed by atoms with Gasteiger partial charge in [0.2, 0.25) is 0 Å². The molecule has 0 aliphatic rings. The number of H-pyrrole nitrogens is 1. The van der Waals surface area contributed by atoms with Crippen LogP contribution in [-0.4, -0.2) is 20.0 Å². The fourth-order valence-electron chi connectivity index (χ4n) is 3.69. The van der Waals surface area contributed by atoms with E-state index in [0.717, 1.165) is 33.3 Å². The quantitative estimate of drug-likeness (QED) is 0.414. The van der Waals surface area contributed by atoms with Gasteiger partial charge in [0.1, 0.15) is 0 Å². The van der Waals surface area contributed by atoms with Crippen LogP contribution in [0.1, 0.15) is 27.8 Å². The normalized spacial score (nSPS) is 10.8. The van der Waals surface area contributed by atoms with Crippen LogP contribution in [0, 0.1) is 20.8 Å². The number of thiocarbonyl (C=S) groups is 1. The van der Waals surface area contributed by atoms with Gasteiger partial charge in [-0.3, -0.25) is 9.78 Å². The van der Waals surface area contributed by atoms with Gasteiger partial charge >= 0.3 is 0 Å². The number of rotatable bonds is 5. The summed E-state index contributed by atoms with van der Waals surface area (Å²) >= 11 is 5.76. The van der Waals surface area contributed by atoms with Gasteiger partial charge in [0.25, 0.3) is 5.56 Å². The lowest BCUT2D eigenvalue weighted by Crippen LogP contribution is -2.35. The molecule has 2 N–H and O–H groups in total. The summed E-state index contributed by atoms with van der Waals surface area (Å²) in [5.41, 5.74) is 6.75. The summed E-state index contributed by atoms with van der Waals surface area (Å²) in [5, 5.41) is 4.92. The van der Waals surface area contributed by atoms with Crippen LogP contribution in [0.2, 0.25) is 0 Å². The molecule has 0 saturated carbocycles. The van der Waals surface area contributed by atoms with Crippen molar-refractivity contribution < 1.29 is 0 Å². The maximum Gasteiger partial charge on any atom is 0.253 e. The molecule has 2 heterocycles. The molecule has 4 rings (SSSR count). The van der Waals surface area contributed by atoms with E-state index in [1.54, 1.807) is 6.20 Å². The summed E-state index contributed by atoms with van der Waals surface area (Å²) in [6.45, 7) is 7.03. The molecule has 0 radical (unpaired) electrons. The van der Waals surface area contributed by atoms with Crippen LogP contribution in [-0.2, 0) is 13.1 Å². The van der Waals surface area contributed by atoms with Crippen molar-refractivity contribution in [1.29, 1.82) is 0 Å². The number of fused-ring (bicyclic) bond motifs is 1. The summed E-state index contributed by atoms with van der Waals surface area (Å²) in [4.78, 5) is 22.2. The van der Waals surface area contributed by atoms with Crippen LogP contribution >= 0.6 is 12.2 Å². The Morgan fingerprint density at radius 3 is 2.50 bits per heavy atom. The molecule has 0 amide bonds. The van der Waals surface area contributed by atoms with Crippen LogP contribution in [0.25, 0.3) is 10.9 Å². The molecule has 2 aromatic carbocycles. The topological polar surface area (TPSA) is 61.0 Å². The van der Waals surface area contributed by atoms with E-state index < -0.39 is 0 Å². The maximum absolute atomic E-state index is 12.9. The minimum atomic E-state index is -0.0967. The average molecular weight is 443 g/mol. The van der Waals surface area contributed by atoms with Gasteiger partial charge in [-0.2, -0.15) is 0 Å². The van der Waals surface area contributed by atoms with Crippen molar-refractivity contribution in [3.63, 3.8) is 0 Å². The molecule has 0 aliphatic carbocycles. The molecule has 0 saturated heterocycles. The molecule has 0 aliphatic heterocycles. The number of nitrogens with one attached hydrogen (secondary N) is 2. The molecule has 162 valence electrons. The van der Waals surface area contributed by atoms with Gasteiger partial charge in [-0.15, -0.1) is 0 Å². The molecule has 2 aromatic heterocycles. The molecule has 0 bridgehead atoms. The second kappa shape index (κ2) is 9.32. The van der Waals surface area contributed by atoms with Crippen LogP contribution in [0.15, 0.2) is 71.8 Å². The fraction of sp³-hybridized carbons (Fsp3) is 0.192. The summed E-state index contributed by atoms with van der Waals surface area (Å²) in [5.74, 6) is 0. The molecule has 32 heavy (non-hydrogen) atoms. The van der Waals surface area contributed by atoms with Gasteiger partial charge in [-0.25, -0.2) is 0 Å². The van der Waals surface area contributed by atoms with Crippen molar-refractivity contribution in [1.82, 2.24) is 14.9 Å². The maximum atomic E-state index is 12.9. The SMILES string of the molecule is Cc1ccc(NC(=S)N(Cc2cccnc2)Cc2cc3c(C)ccc(C)c3[nH]c2=O)cc1. The Morgan fingerprint density at radius 2 is 1.78 bits per heavy atom. The van der Waals surface area contributed by atoms with E-state index in [4.69, 9.17) is 12.2 Å². The lowest BCUT2D eigenvalue weighted by molar-refractivity contribution is 0.410. The number of aromatic nitrogens is 2. The van der Waals surface area contributed by atoms with Crippen LogP contribution in [0.5, 0.6) is 0 Å². The number of nitrogens with zero attached hydrogens (tertiary/aromatic N) is 2. The summed E-state index contributed by atoms with van der Waals surface area (Å²) in [6.07, 6.45) is 3.56. The van der Waals surface area contributed by atoms with E-state index >= 15 is 0 Å². The van der Waals surface area contributed by atoms with Gasteiger partial charge in [0, 0.05) is 35.6 Å². The van der Waals surface area contributed by atoms with Crippen LogP contribution in [0.4, 0.5) is 5.69 Å². The van der Waals surface area contributed by atoms with Gasteiger partial charge in [0.15, 0.2) is 5.11 Å². The van der Waals surface area contributed by atoms with Crippen molar-refractivity contribution in [3.05, 3.63) is 105 Å². The molecule has 0 fully saturated rings. The highest BCUT2D eigenvalue weighted by atomic mass is 32.1. The Kier molecular flexibility index (Phi) is 6.32.